The molecule has 50 valence electrons. The van der Waals surface area contributed by atoms with E-state index >= 15 is 0 Å². The molecule has 0 aliphatic carbocycles. The highest BCUT2D eigenvalue weighted by atomic mass is 35.5. The summed E-state index contributed by atoms with van der Waals surface area (Å²) in [5.41, 5.74) is 10.5. The maximum Gasteiger partial charge on any atom is 0.125 e. The molecule has 0 fully saturated rings. The number of nitrogens with zero attached hydrogens (tertiary/aromatic N) is 1. The summed E-state index contributed by atoms with van der Waals surface area (Å²) in [4.78, 5) is 3.73. The first-order chi connectivity index (χ1) is 3.79. The largest absolute Gasteiger partial charge is 0.384 e. The van der Waals surface area contributed by atoms with Crippen LogP contribution in [0.2, 0.25) is 0 Å². The highest BCUT2D eigenvalue weighted by Gasteiger charge is 1.83. The minimum Gasteiger partial charge on any atom is -0.384 e. The number of rotatable bonds is 0. The Morgan fingerprint density at radius 3 is 1.78 bits per heavy atom. The summed E-state index contributed by atoms with van der Waals surface area (Å²) in [6, 6.07) is 5.14. The molecule has 0 spiro atoms. The molecular weight excluding hydrogens is 138 g/mol. The maximum absolute atomic E-state index is 5.27. The van der Waals surface area contributed by atoms with Crippen molar-refractivity contribution in [3.63, 3.8) is 0 Å². The third kappa shape index (κ3) is 2.19. The number of hydrogen-bond acceptors (Lipinski definition) is 3. The SMILES string of the molecule is Cl.Nc1cccc(N)n1. The van der Waals surface area contributed by atoms with Crippen molar-refractivity contribution in [2.24, 2.45) is 0 Å². The topological polar surface area (TPSA) is 64.9 Å². The number of pyridine rings is 1. The van der Waals surface area contributed by atoms with Gasteiger partial charge in [-0.1, -0.05) is 6.07 Å². The van der Waals surface area contributed by atoms with Crippen LogP contribution in [0.3, 0.4) is 0 Å². The zero-order valence-electron chi connectivity index (χ0n) is 4.74. The van der Waals surface area contributed by atoms with Crippen LogP contribution in [0.15, 0.2) is 18.2 Å². The molecule has 0 unspecified atom stereocenters. The van der Waals surface area contributed by atoms with Gasteiger partial charge in [0.25, 0.3) is 0 Å². The summed E-state index contributed by atoms with van der Waals surface area (Å²) >= 11 is 0. The molecule has 1 heterocycles. The molecule has 3 nitrogen and oxygen atoms in total. The number of halogens is 1. The summed E-state index contributed by atoms with van der Waals surface area (Å²) in [5, 5.41) is 0. The summed E-state index contributed by atoms with van der Waals surface area (Å²) in [7, 11) is 0. The molecule has 0 atom stereocenters. The van der Waals surface area contributed by atoms with Crippen LogP contribution in [0.5, 0.6) is 0 Å². The van der Waals surface area contributed by atoms with Crippen molar-refractivity contribution in [2.75, 3.05) is 11.5 Å². The predicted molar refractivity (Wildman–Crippen MR) is 40.3 cm³/mol. The standard InChI is InChI=1S/C5H7N3.ClH/c6-4-2-1-3-5(7)8-4;/h1-3H,(H4,6,7,8);1H. The van der Waals surface area contributed by atoms with Gasteiger partial charge in [0, 0.05) is 0 Å². The Labute approximate surface area is 59.5 Å². The Kier molecular flexibility index (Phi) is 2.81. The fourth-order valence-electron chi connectivity index (χ4n) is 0.469. The van der Waals surface area contributed by atoms with Crippen molar-refractivity contribution in [2.45, 2.75) is 0 Å². The molecule has 4 heteroatoms. The first-order valence-electron chi connectivity index (χ1n) is 2.27. The number of anilines is 2. The predicted octanol–water partition coefficient (Wildman–Crippen LogP) is 0.668. The first kappa shape index (κ1) is 8.04. The molecule has 0 saturated carbocycles. The van der Waals surface area contributed by atoms with Gasteiger partial charge in [-0.2, -0.15) is 0 Å². The molecule has 0 radical (unpaired) electrons. The van der Waals surface area contributed by atoms with Gasteiger partial charge in [-0.3, -0.25) is 0 Å². The van der Waals surface area contributed by atoms with E-state index in [0.717, 1.165) is 0 Å². The summed E-state index contributed by atoms with van der Waals surface area (Å²) in [5.74, 6) is 0.926. The lowest BCUT2D eigenvalue weighted by Crippen LogP contribution is -1.93. The van der Waals surface area contributed by atoms with Gasteiger partial charge in [-0.25, -0.2) is 4.98 Å². The van der Waals surface area contributed by atoms with E-state index < -0.39 is 0 Å². The summed E-state index contributed by atoms with van der Waals surface area (Å²) < 4.78 is 0. The minimum atomic E-state index is 0. The van der Waals surface area contributed by atoms with Crippen LogP contribution in [-0.2, 0) is 0 Å². The number of nitrogen functional groups attached to an aromatic ring is 2. The normalized spacial score (nSPS) is 8.00. The summed E-state index contributed by atoms with van der Waals surface area (Å²) in [6.07, 6.45) is 0. The second kappa shape index (κ2) is 3.14. The third-order valence-electron chi connectivity index (χ3n) is 0.792. The average molecular weight is 146 g/mol. The Bertz CT molecular complexity index is 172. The van der Waals surface area contributed by atoms with Crippen molar-refractivity contribution in [1.82, 2.24) is 4.98 Å². The second-order valence-electron chi connectivity index (χ2n) is 1.49. The number of hydrogen-bond donors (Lipinski definition) is 2. The summed E-state index contributed by atoms with van der Waals surface area (Å²) in [6.45, 7) is 0. The fraction of sp³-hybridized carbons (Fsp3) is 0. The number of aromatic nitrogens is 1. The Morgan fingerprint density at radius 1 is 1.11 bits per heavy atom. The van der Waals surface area contributed by atoms with Gasteiger partial charge in [0.2, 0.25) is 0 Å². The van der Waals surface area contributed by atoms with E-state index in [1.54, 1.807) is 18.2 Å². The molecule has 0 aliphatic rings. The van der Waals surface area contributed by atoms with Gasteiger partial charge in [0.15, 0.2) is 0 Å². The fourth-order valence-corrected chi connectivity index (χ4v) is 0.469. The molecule has 0 aliphatic heterocycles. The highest BCUT2D eigenvalue weighted by Crippen LogP contribution is 1.99. The average Bonchev–Trinajstić information content (AvgIpc) is 1.64. The quantitative estimate of drug-likeness (QED) is 0.564. The van der Waals surface area contributed by atoms with Crippen molar-refractivity contribution < 1.29 is 0 Å². The second-order valence-corrected chi connectivity index (χ2v) is 1.49. The van der Waals surface area contributed by atoms with Gasteiger partial charge >= 0.3 is 0 Å². The van der Waals surface area contributed by atoms with Crippen molar-refractivity contribution in [3.05, 3.63) is 18.2 Å². The zero-order chi connectivity index (χ0) is 5.98. The molecule has 0 bridgehead atoms. The van der Waals surface area contributed by atoms with Gasteiger partial charge in [-0.05, 0) is 12.1 Å². The van der Waals surface area contributed by atoms with Crippen molar-refractivity contribution in [3.8, 4) is 0 Å². The van der Waals surface area contributed by atoms with Crippen LogP contribution in [0.4, 0.5) is 11.6 Å². The van der Waals surface area contributed by atoms with Crippen LogP contribution >= 0.6 is 12.4 Å². The van der Waals surface area contributed by atoms with Gasteiger partial charge in [0.1, 0.15) is 11.6 Å². The lowest BCUT2D eigenvalue weighted by Gasteiger charge is -1.90. The van der Waals surface area contributed by atoms with E-state index in [9.17, 15) is 0 Å². The van der Waals surface area contributed by atoms with Crippen LogP contribution in [0.1, 0.15) is 0 Å². The highest BCUT2D eigenvalue weighted by molar-refractivity contribution is 5.85. The molecule has 9 heavy (non-hydrogen) atoms. The van der Waals surface area contributed by atoms with E-state index in [2.05, 4.69) is 4.98 Å². The van der Waals surface area contributed by atoms with E-state index in [1.807, 2.05) is 0 Å². The number of nitrogens with two attached hydrogens (primary N) is 2. The van der Waals surface area contributed by atoms with Gasteiger partial charge in [0.05, 0.1) is 0 Å². The Hall–Kier alpha value is -0.960. The molecule has 1 aromatic rings. The van der Waals surface area contributed by atoms with E-state index in [-0.39, 0.29) is 12.4 Å². The molecule has 1 aromatic heterocycles. The molecule has 0 aromatic carbocycles. The van der Waals surface area contributed by atoms with Crippen molar-refractivity contribution >= 4 is 24.0 Å². The Morgan fingerprint density at radius 2 is 1.56 bits per heavy atom. The van der Waals surface area contributed by atoms with Crippen LogP contribution in [0, 0.1) is 0 Å². The van der Waals surface area contributed by atoms with E-state index in [0.29, 0.717) is 11.6 Å². The van der Waals surface area contributed by atoms with Gasteiger partial charge in [-0.15, -0.1) is 12.4 Å². The molecule has 4 N–H and O–H groups in total. The minimum absolute atomic E-state index is 0. The maximum atomic E-state index is 5.27. The molecular formula is C5H8ClN3. The van der Waals surface area contributed by atoms with Crippen LogP contribution < -0.4 is 11.5 Å². The van der Waals surface area contributed by atoms with Gasteiger partial charge < -0.3 is 11.5 Å². The lowest BCUT2D eigenvalue weighted by atomic mass is 10.4. The van der Waals surface area contributed by atoms with E-state index in [4.69, 9.17) is 11.5 Å². The first-order valence-corrected chi connectivity index (χ1v) is 2.27. The molecule has 0 amide bonds. The van der Waals surface area contributed by atoms with Crippen LogP contribution in [-0.4, -0.2) is 4.98 Å². The van der Waals surface area contributed by atoms with E-state index in [1.165, 1.54) is 0 Å². The van der Waals surface area contributed by atoms with Crippen molar-refractivity contribution in [1.29, 1.82) is 0 Å². The Balaban J connectivity index is 0.000000640. The van der Waals surface area contributed by atoms with Crippen LogP contribution in [0.25, 0.3) is 0 Å². The smallest absolute Gasteiger partial charge is 0.125 e. The third-order valence-corrected chi connectivity index (χ3v) is 0.792. The molecule has 1 rings (SSSR count). The monoisotopic (exact) mass is 145 g/mol. The molecule has 0 saturated heterocycles. The lowest BCUT2D eigenvalue weighted by molar-refractivity contribution is 1.34. The zero-order valence-corrected chi connectivity index (χ0v) is 5.56.